The van der Waals surface area contributed by atoms with E-state index in [-0.39, 0.29) is 24.0 Å². The van der Waals surface area contributed by atoms with Gasteiger partial charge >= 0.3 is 0 Å². The first-order valence-electron chi connectivity index (χ1n) is 6.29. The van der Waals surface area contributed by atoms with Gasteiger partial charge < -0.3 is 19.8 Å². The Kier molecular flexibility index (Phi) is 7.97. The number of guanidine groups is 1. The predicted octanol–water partition coefficient (Wildman–Crippen LogP) is 2.03. The standard InChI is InChI=1S/C13H18BrN5O.HI/c1-15-13(16-5-6-20-2)17-7-11-9-19-8-10(14)3-4-12(19)18-11;/h3-4,8-9H,5-7H2,1-2H3,(H2,15,16,17);1H. The molecule has 0 atom stereocenters. The lowest BCUT2D eigenvalue weighted by molar-refractivity contribution is 0.203. The van der Waals surface area contributed by atoms with Gasteiger partial charge in [0, 0.05) is 37.6 Å². The molecule has 0 saturated heterocycles. The van der Waals surface area contributed by atoms with Gasteiger partial charge in [-0.15, -0.1) is 24.0 Å². The van der Waals surface area contributed by atoms with Gasteiger partial charge in [-0.3, -0.25) is 4.99 Å². The molecule has 0 aliphatic rings. The van der Waals surface area contributed by atoms with Gasteiger partial charge in [0.15, 0.2) is 5.96 Å². The number of aromatic nitrogens is 2. The third kappa shape index (κ3) is 5.44. The fraction of sp³-hybridized carbons (Fsp3) is 0.385. The van der Waals surface area contributed by atoms with Crippen LogP contribution in [0.2, 0.25) is 0 Å². The average Bonchev–Trinajstić information content (AvgIpc) is 2.84. The highest BCUT2D eigenvalue weighted by molar-refractivity contribution is 14.0. The summed E-state index contributed by atoms with van der Waals surface area (Å²) in [6.07, 6.45) is 3.98. The molecule has 2 heterocycles. The highest BCUT2D eigenvalue weighted by Crippen LogP contribution is 2.12. The van der Waals surface area contributed by atoms with Crippen molar-refractivity contribution >= 4 is 51.5 Å². The molecule has 2 aromatic heterocycles. The summed E-state index contributed by atoms with van der Waals surface area (Å²) in [4.78, 5) is 8.67. The number of hydrogen-bond acceptors (Lipinski definition) is 3. The Labute approximate surface area is 149 Å². The highest BCUT2D eigenvalue weighted by atomic mass is 127. The molecule has 0 amide bonds. The minimum Gasteiger partial charge on any atom is -0.383 e. The molecule has 0 fully saturated rings. The Hall–Kier alpha value is -0.870. The molecule has 116 valence electrons. The summed E-state index contributed by atoms with van der Waals surface area (Å²) >= 11 is 3.45. The molecule has 0 unspecified atom stereocenters. The van der Waals surface area contributed by atoms with Crippen molar-refractivity contribution in [2.45, 2.75) is 6.54 Å². The number of methoxy groups -OCH3 is 1. The Morgan fingerprint density at radius 1 is 1.38 bits per heavy atom. The van der Waals surface area contributed by atoms with Crippen molar-refractivity contribution < 1.29 is 4.74 Å². The number of fused-ring (bicyclic) bond motifs is 1. The van der Waals surface area contributed by atoms with Crippen LogP contribution in [0.3, 0.4) is 0 Å². The van der Waals surface area contributed by atoms with E-state index in [9.17, 15) is 0 Å². The van der Waals surface area contributed by atoms with Gasteiger partial charge in [0.25, 0.3) is 0 Å². The molecule has 0 aliphatic heterocycles. The first kappa shape index (κ1) is 18.2. The van der Waals surface area contributed by atoms with Crippen molar-refractivity contribution in [1.82, 2.24) is 20.0 Å². The van der Waals surface area contributed by atoms with Gasteiger partial charge in [-0.2, -0.15) is 0 Å². The number of rotatable bonds is 5. The quantitative estimate of drug-likeness (QED) is 0.305. The van der Waals surface area contributed by atoms with E-state index in [1.807, 2.05) is 28.9 Å². The lowest BCUT2D eigenvalue weighted by Crippen LogP contribution is -2.38. The second kappa shape index (κ2) is 9.21. The molecule has 0 aromatic carbocycles. The predicted molar refractivity (Wildman–Crippen MR) is 98.4 cm³/mol. The van der Waals surface area contributed by atoms with Crippen molar-refractivity contribution in [2.75, 3.05) is 27.3 Å². The zero-order valence-electron chi connectivity index (χ0n) is 12.0. The van der Waals surface area contributed by atoms with Gasteiger partial charge in [-0.05, 0) is 28.1 Å². The molecule has 2 aromatic rings. The molecule has 0 aliphatic carbocycles. The maximum absolute atomic E-state index is 4.99. The van der Waals surface area contributed by atoms with Gasteiger partial charge in [-0.1, -0.05) is 0 Å². The first-order chi connectivity index (χ1) is 9.72. The van der Waals surface area contributed by atoms with Crippen LogP contribution in [-0.2, 0) is 11.3 Å². The van der Waals surface area contributed by atoms with Crippen molar-refractivity contribution in [3.05, 3.63) is 34.7 Å². The fourth-order valence-electron chi connectivity index (χ4n) is 1.77. The Morgan fingerprint density at radius 3 is 2.90 bits per heavy atom. The molecule has 2 N–H and O–H groups in total. The van der Waals surface area contributed by atoms with Crippen LogP contribution in [0.15, 0.2) is 34.0 Å². The molecule has 6 nitrogen and oxygen atoms in total. The summed E-state index contributed by atoms with van der Waals surface area (Å²) < 4.78 is 8.00. The fourth-order valence-corrected chi connectivity index (χ4v) is 2.12. The van der Waals surface area contributed by atoms with E-state index in [4.69, 9.17) is 4.74 Å². The van der Waals surface area contributed by atoms with Gasteiger partial charge in [-0.25, -0.2) is 4.98 Å². The zero-order chi connectivity index (χ0) is 14.4. The number of nitrogens with one attached hydrogen (secondary N) is 2. The topological polar surface area (TPSA) is 63.0 Å². The number of hydrogen-bond donors (Lipinski definition) is 2. The van der Waals surface area contributed by atoms with Crippen molar-refractivity contribution in [2.24, 2.45) is 4.99 Å². The van der Waals surface area contributed by atoms with E-state index in [0.29, 0.717) is 19.7 Å². The van der Waals surface area contributed by atoms with Crippen LogP contribution in [0.5, 0.6) is 0 Å². The second-order valence-corrected chi connectivity index (χ2v) is 5.11. The minimum atomic E-state index is 0. The van der Waals surface area contributed by atoms with E-state index >= 15 is 0 Å². The van der Waals surface area contributed by atoms with Crippen molar-refractivity contribution in [3.63, 3.8) is 0 Å². The maximum Gasteiger partial charge on any atom is 0.191 e. The largest absolute Gasteiger partial charge is 0.383 e. The van der Waals surface area contributed by atoms with E-state index in [1.165, 1.54) is 0 Å². The first-order valence-corrected chi connectivity index (χ1v) is 7.09. The number of imidazole rings is 1. The Morgan fingerprint density at radius 2 is 2.19 bits per heavy atom. The van der Waals surface area contributed by atoms with Crippen LogP contribution in [0, 0.1) is 0 Å². The monoisotopic (exact) mass is 467 g/mol. The van der Waals surface area contributed by atoms with Gasteiger partial charge in [0.05, 0.1) is 18.8 Å². The van der Waals surface area contributed by atoms with Gasteiger partial charge in [0.2, 0.25) is 0 Å². The maximum atomic E-state index is 4.99. The molecule has 8 heteroatoms. The van der Waals surface area contributed by atoms with E-state index in [0.717, 1.165) is 21.8 Å². The Balaban J connectivity index is 0.00000220. The number of ether oxygens (including phenoxy) is 1. The smallest absolute Gasteiger partial charge is 0.191 e. The lowest BCUT2D eigenvalue weighted by Gasteiger charge is -2.10. The highest BCUT2D eigenvalue weighted by Gasteiger charge is 2.03. The normalized spacial score (nSPS) is 11.3. The van der Waals surface area contributed by atoms with Gasteiger partial charge in [0.1, 0.15) is 5.65 Å². The van der Waals surface area contributed by atoms with E-state index in [1.54, 1.807) is 14.2 Å². The molecule has 21 heavy (non-hydrogen) atoms. The molecule has 0 saturated carbocycles. The minimum absolute atomic E-state index is 0. The SMILES string of the molecule is CN=C(NCCOC)NCc1cn2cc(Br)ccc2n1.I. The summed E-state index contributed by atoms with van der Waals surface area (Å²) in [6.45, 7) is 1.98. The van der Waals surface area contributed by atoms with Crippen molar-refractivity contribution in [1.29, 1.82) is 0 Å². The van der Waals surface area contributed by atoms with Crippen LogP contribution in [0.4, 0.5) is 0 Å². The summed E-state index contributed by atoms with van der Waals surface area (Å²) in [6, 6.07) is 3.95. The Bertz CT molecular complexity index is 601. The number of nitrogens with zero attached hydrogens (tertiary/aromatic N) is 3. The molecule has 0 bridgehead atoms. The van der Waals surface area contributed by atoms with Crippen molar-refractivity contribution in [3.8, 4) is 0 Å². The molecular weight excluding hydrogens is 449 g/mol. The number of pyridine rings is 1. The summed E-state index contributed by atoms with van der Waals surface area (Å²) in [5, 5.41) is 6.37. The van der Waals surface area contributed by atoms with E-state index < -0.39 is 0 Å². The summed E-state index contributed by atoms with van der Waals surface area (Å²) in [5.74, 6) is 0.736. The molecule has 2 rings (SSSR count). The third-order valence-corrected chi connectivity index (χ3v) is 3.19. The van der Waals surface area contributed by atoms with Crippen LogP contribution >= 0.6 is 39.9 Å². The summed E-state index contributed by atoms with van der Waals surface area (Å²) in [5.41, 5.74) is 1.88. The summed E-state index contributed by atoms with van der Waals surface area (Å²) in [7, 11) is 3.41. The zero-order valence-corrected chi connectivity index (χ0v) is 15.9. The lowest BCUT2D eigenvalue weighted by atomic mass is 10.5. The number of aliphatic imine (C=N–C) groups is 1. The van der Waals surface area contributed by atoms with Crippen LogP contribution < -0.4 is 10.6 Å². The molecule has 0 radical (unpaired) electrons. The van der Waals surface area contributed by atoms with Crippen LogP contribution in [-0.4, -0.2) is 42.7 Å². The van der Waals surface area contributed by atoms with Crippen LogP contribution in [0.1, 0.15) is 5.69 Å². The average molecular weight is 468 g/mol. The molecular formula is C13H19BrIN5O. The molecule has 0 spiro atoms. The number of halogens is 2. The third-order valence-electron chi connectivity index (χ3n) is 2.72. The van der Waals surface area contributed by atoms with E-state index in [2.05, 4.69) is 36.5 Å². The van der Waals surface area contributed by atoms with Crippen LogP contribution in [0.25, 0.3) is 5.65 Å². The second-order valence-electron chi connectivity index (χ2n) is 4.19.